The molecule has 0 bridgehead atoms. The average molecular weight is 420 g/mol. The Morgan fingerprint density at radius 1 is 1.37 bits per heavy atom. The van der Waals surface area contributed by atoms with Crippen LogP contribution in [0.5, 0.6) is 0 Å². The quantitative estimate of drug-likeness (QED) is 0.418. The molecular weight excluding hydrogens is 402 g/mol. The van der Waals surface area contributed by atoms with E-state index in [2.05, 4.69) is 5.32 Å². The molecule has 1 saturated heterocycles. The molecule has 0 aliphatic carbocycles. The second-order valence-corrected chi connectivity index (χ2v) is 8.41. The van der Waals surface area contributed by atoms with Gasteiger partial charge in [-0.05, 0) is 25.0 Å². The zero-order chi connectivity index (χ0) is 20.2. The number of sulfonamides is 1. The van der Waals surface area contributed by atoms with E-state index in [1.165, 1.54) is 16.4 Å². The van der Waals surface area contributed by atoms with Crippen LogP contribution in [0.1, 0.15) is 12.8 Å². The van der Waals surface area contributed by atoms with E-state index in [4.69, 9.17) is 16.3 Å². The molecular formula is C15H18ClN3O7S. The Bertz CT molecular complexity index is 851. The number of nitrogens with zero attached hydrogens (tertiary/aromatic N) is 2. The zero-order valence-electron chi connectivity index (χ0n) is 14.4. The van der Waals surface area contributed by atoms with Crippen LogP contribution in [-0.2, 0) is 24.3 Å². The first kappa shape index (κ1) is 21.1. The van der Waals surface area contributed by atoms with Gasteiger partial charge < -0.3 is 10.1 Å². The number of benzene rings is 1. The van der Waals surface area contributed by atoms with Crippen molar-refractivity contribution in [1.29, 1.82) is 0 Å². The molecule has 1 N–H and O–H groups in total. The number of anilines is 1. The predicted octanol–water partition coefficient (Wildman–Crippen LogP) is 1.40. The number of carbonyl (C=O) groups is 2. The molecule has 1 aliphatic rings. The molecule has 148 valence electrons. The molecule has 1 aliphatic heterocycles. The first-order valence-corrected chi connectivity index (χ1v) is 10.2. The molecule has 0 saturated carbocycles. The van der Waals surface area contributed by atoms with Gasteiger partial charge in [0.25, 0.3) is 11.6 Å². The van der Waals surface area contributed by atoms with Crippen molar-refractivity contribution in [3.8, 4) is 0 Å². The van der Waals surface area contributed by atoms with E-state index in [1.807, 2.05) is 0 Å². The van der Waals surface area contributed by atoms with Crippen LogP contribution in [0.3, 0.4) is 0 Å². The first-order chi connectivity index (χ1) is 12.6. The smallest absolute Gasteiger partial charge is 0.309 e. The van der Waals surface area contributed by atoms with Crippen molar-refractivity contribution in [1.82, 2.24) is 4.31 Å². The first-order valence-electron chi connectivity index (χ1n) is 7.93. The number of piperidine rings is 1. The molecule has 1 amide bonds. The minimum Gasteiger partial charge on any atom is -0.455 e. The van der Waals surface area contributed by atoms with Gasteiger partial charge in [0, 0.05) is 24.8 Å². The Hall–Kier alpha value is -2.24. The van der Waals surface area contributed by atoms with Gasteiger partial charge in [0.1, 0.15) is 5.02 Å². The van der Waals surface area contributed by atoms with Crippen LogP contribution < -0.4 is 5.32 Å². The van der Waals surface area contributed by atoms with Gasteiger partial charge in [0.15, 0.2) is 6.61 Å². The third-order valence-corrected chi connectivity index (χ3v) is 5.65. The van der Waals surface area contributed by atoms with Crippen LogP contribution in [0.2, 0.25) is 5.02 Å². The fourth-order valence-electron chi connectivity index (χ4n) is 2.61. The SMILES string of the molecule is CS(=O)(=O)N1CCC(C(=O)OCC(=O)Nc2ccc(Cl)c([N+](=O)[O-])c2)CC1. The summed E-state index contributed by atoms with van der Waals surface area (Å²) in [5.41, 5.74) is -0.210. The van der Waals surface area contributed by atoms with E-state index >= 15 is 0 Å². The third-order valence-electron chi connectivity index (χ3n) is 4.03. The van der Waals surface area contributed by atoms with Gasteiger partial charge in [0.2, 0.25) is 10.0 Å². The molecule has 1 aromatic carbocycles. The monoisotopic (exact) mass is 419 g/mol. The van der Waals surface area contributed by atoms with Gasteiger partial charge in [-0.25, -0.2) is 12.7 Å². The molecule has 10 nitrogen and oxygen atoms in total. The molecule has 27 heavy (non-hydrogen) atoms. The van der Waals surface area contributed by atoms with Gasteiger partial charge in [0.05, 0.1) is 17.1 Å². The van der Waals surface area contributed by atoms with Gasteiger partial charge in [-0.3, -0.25) is 19.7 Å². The summed E-state index contributed by atoms with van der Waals surface area (Å²) in [6.45, 7) is -0.111. The molecule has 12 heteroatoms. The number of ether oxygens (including phenoxy) is 1. The number of amides is 1. The van der Waals surface area contributed by atoms with Crippen molar-refractivity contribution in [3.63, 3.8) is 0 Å². The summed E-state index contributed by atoms with van der Waals surface area (Å²) >= 11 is 5.69. The highest BCUT2D eigenvalue weighted by Crippen LogP contribution is 2.27. The zero-order valence-corrected chi connectivity index (χ0v) is 16.0. The summed E-state index contributed by atoms with van der Waals surface area (Å²) in [7, 11) is -3.29. The van der Waals surface area contributed by atoms with Crippen LogP contribution in [0, 0.1) is 16.0 Å². The molecule has 1 aromatic rings. The fourth-order valence-corrected chi connectivity index (χ4v) is 3.67. The normalized spacial score (nSPS) is 15.9. The van der Waals surface area contributed by atoms with Gasteiger partial charge in [-0.2, -0.15) is 0 Å². The van der Waals surface area contributed by atoms with Crippen LogP contribution in [0.15, 0.2) is 18.2 Å². The molecule has 1 heterocycles. The number of halogens is 1. The van der Waals surface area contributed by atoms with E-state index in [0.29, 0.717) is 12.8 Å². The molecule has 0 spiro atoms. The van der Waals surface area contributed by atoms with E-state index < -0.39 is 39.3 Å². The van der Waals surface area contributed by atoms with E-state index in [9.17, 15) is 28.1 Å². The largest absolute Gasteiger partial charge is 0.455 e. The maximum absolute atomic E-state index is 12.0. The van der Waals surface area contributed by atoms with Crippen molar-refractivity contribution in [3.05, 3.63) is 33.3 Å². The van der Waals surface area contributed by atoms with Crippen LogP contribution in [-0.4, -0.2) is 55.5 Å². The van der Waals surface area contributed by atoms with Crippen LogP contribution in [0.25, 0.3) is 0 Å². The number of esters is 1. The highest BCUT2D eigenvalue weighted by Gasteiger charge is 2.30. The number of nitro groups is 1. The fraction of sp³-hybridized carbons (Fsp3) is 0.467. The summed E-state index contributed by atoms with van der Waals surface area (Å²) < 4.78 is 29.1. The van der Waals surface area contributed by atoms with Crippen LogP contribution >= 0.6 is 11.6 Å². The molecule has 0 radical (unpaired) electrons. The number of nitrogens with one attached hydrogen (secondary N) is 1. The summed E-state index contributed by atoms with van der Waals surface area (Å²) in [6.07, 6.45) is 1.74. The van der Waals surface area contributed by atoms with Crippen molar-refractivity contribution < 1.29 is 27.7 Å². The lowest BCUT2D eigenvalue weighted by atomic mass is 9.98. The minimum atomic E-state index is -3.29. The Labute approximate surface area is 160 Å². The number of nitro benzene ring substituents is 1. The summed E-state index contributed by atoms with van der Waals surface area (Å²) in [6, 6.07) is 3.76. The van der Waals surface area contributed by atoms with Gasteiger partial charge in [-0.15, -0.1) is 0 Å². The summed E-state index contributed by atoms with van der Waals surface area (Å²) in [5.74, 6) is -1.72. The lowest BCUT2D eigenvalue weighted by Crippen LogP contribution is -2.40. The second-order valence-electron chi connectivity index (χ2n) is 6.02. The predicted molar refractivity (Wildman–Crippen MR) is 96.8 cm³/mol. The van der Waals surface area contributed by atoms with Crippen molar-refractivity contribution >= 4 is 44.9 Å². The van der Waals surface area contributed by atoms with Crippen LogP contribution in [0.4, 0.5) is 11.4 Å². The maximum Gasteiger partial charge on any atom is 0.309 e. The molecule has 0 atom stereocenters. The second kappa shape index (κ2) is 8.63. The summed E-state index contributed by atoms with van der Waals surface area (Å²) in [4.78, 5) is 34.0. The topological polar surface area (TPSA) is 136 Å². The standard InChI is InChI=1S/C15H18ClN3O7S/c1-27(24,25)18-6-4-10(5-7-18)15(21)26-9-14(20)17-11-2-3-12(16)13(8-11)19(22)23/h2-3,8,10H,4-7,9H2,1H3,(H,17,20). The Kier molecular flexibility index (Phi) is 6.73. The highest BCUT2D eigenvalue weighted by molar-refractivity contribution is 7.88. The Morgan fingerprint density at radius 2 is 2.00 bits per heavy atom. The van der Waals surface area contributed by atoms with Gasteiger partial charge in [-0.1, -0.05) is 11.6 Å². The average Bonchev–Trinajstić information content (AvgIpc) is 2.60. The minimum absolute atomic E-state index is 0.0649. The van der Waals surface area contributed by atoms with Crippen molar-refractivity contribution in [2.75, 3.05) is 31.3 Å². The Morgan fingerprint density at radius 3 is 2.56 bits per heavy atom. The van der Waals surface area contributed by atoms with Crippen molar-refractivity contribution in [2.24, 2.45) is 5.92 Å². The molecule has 1 fully saturated rings. The highest BCUT2D eigenvalue weighted by atomic mass is 35.5. The summed E-state index contributed by atoms with van der Waals surface area (Å²) in [5, 5.41) is 13.2. The lowest BCUT2D eigenvalue weighted by molar-refractivity contribution is -0.384. The number of hydrogen-bond acceptors (Lipinski definition) is 7. The number of carbonyl (C=O) groups excluding carboxylic acids is 2. The molecule has 0 unspecified atom stereocenters. The number of rotatable bonds is 6. The number of hydrogen-bond donors (Lipinski definition) is 1. The van der Waals surface area contributed by atoms with Gasteiger partial charge >= 0.3 is 5.97 Å². The lowest BCUT2D eigenvalue weighted by Gasteiger charge is -2.28. The van der Waals surface area contributed by atoms with Crippen molar-refractivity contribution in [2.45, 2.75) is 12.8 Å². The van der Waals surface area contributed by atoms with E-state index in [1.54, 1.807) is 0 Å². The molecule has 0 aromatic heterocycles. The molecule has 2 rings (SSSR count). The van der Waals surface area contributed by atoms with E-state index in [-0.39, 0.29) is 29.5 Å². The Balaban J connectivity index is 1.83. The van der Waals surface area contributed by atoms with E-state index in [0.717, 1.165) is 12.3 Å². The maximum atomic E-state index is 12.0. The third kappa shape index (κ3) is 5.88.